The summed E-state index contributed by atoms with van der Waals surface area (Å²) >= 11 is 3.47. The molecular formula is C12H12BrN5O2. The fraction of sp³-hybridized carbons (Fsp3) is 0.167. The van der Waals surface area contributed by atoms with Gasteiger partial charge >= 0.3 is 5.69 Å². The Kier molecular flexibility index (Phi) is 3.84. The van der Waals surface area contributed by atoms with Crippen LogP contribution in [0.25, 0.3) is 0 Å². The third-order valence-corrected chi connectivity index (χ3v) is 3.93. The lowest BCUT2D eigenvalue weighted by molar-refractivity contribution is -0.384. The average molecular weight is 338 g/mol. The van der Waals surface area contributed by atoms with Gasteiger partial charge in [-0.2, -0.15) is 4.98 Å². The van der Waals surface area contributed by atoms with Gasteiger partial charge < -0.3 is 11.1 Å². The molecule has 104 valence electrons. The maximum Gasteiger partial charge on any atom is 0.329 e. The van der Waals surface area contributed by atoms with Gasteiger partial charge in [-0.1, -0.05) is 15.9 Å². The minimum absolute atomic E-state index is 0.0244. The standard InChI is InChI=1S/C12H12BrN5O2/c1-6-3-8(4-7(2)10(6)13)16-11-9(18(19)20)5-15-12(14)17-11/h3-5H,1-2H3,(H3,14,15,16,17). The molecule has 0 unspecified atom stereocenters. The predicted octanol–water partition coefficient (Wildman–Crippen LogP) is 3.09. The van der Waals surface area contributed by atoms with Crippen molar-refractivity contribution in [1.82, 2.24) is 9.97 Å². The number of rotatable bonds is 3. The van der Waals surface area contributed by atoms with E-state index in [1.807, 2.05) is 26.0 Å². The average Bonchev–Trinajstić information content (AvgIpc) is 2.35. The Morgan fingerprint density at radius 2 is 1.95 bits per heavy atom. The highest BCUT2D eigenvalue weighted by Crippen LogP contribution is 2.29. The summed E-state index contributed by atoms with van der Waals surface area (Å²) in [5.74, 6) is 0.0484. The second-order valence-electron chi connectivity index (χ2n) is 4.27. The van der Waals surface area contributed by atoms with Crippen LogP contribution in [0.1, 0.15) is 11.1 Å². The van der Waals surface area contributed by atoms with Crippen LogP contribution in [-0.4, -0.2) is 14.9 Å². The molecule has 2 aromatic rings. The van der Waals surface area contributed by atoms with Crippen LogP contribution in [0, 0.1) is 24.0 Å². The zero-order valence-electron chi connectivity index (χ0n) is 10.8. The minimum Gasteiger partial charge on any atom is -0.368 e. The molecule has 1 aromatic carbocycles. The van der Waals surface area contributed by atoms with E-state index in [-0.39, 0.29) is 17.5 Å². The van der Waals surface area contributed by atoms with E-state index in [1.54, 1.807) is 0 Å². The van der Waals surface area contributed by atoms with Gasteiger partial charge in [0.15, 0.2) is 0 Å². The van der Waals surface area contributed by atoms with E-state index >= 15 is 0 Å². The van der Waals surface area contributed by atoms with Gasteiger partial charge in [0.2, 0.25) is 11.8 Å². The predicted molar refractivity (Wildman–Crippen MR) is 80.0 cm³/mol. The van der Waals surface area contributed by atoms with Crippen LogP contribution in [0.5, 0.6) is 0 Å². The van der Waals surface area contributed by atoms with E-state index in [9.17, 15) is 10.1 Å². The Labute approximate surface area is 123 Å². The van der Waals surface area contributed by atoms with Crippen molar-refractivity contribution in [3.05, 3.63) is 44.0 Å². The summed E-state index contributed by atoms with van der Waals surface area (Å²) in [4.78, 5) is 17.9. The quantitative estimate of drug-likeness (QED) is 0.658. The fourth-order valence-corrected chi connectivity index (χ4v) is 2.00. The molecule has 0 spiro atoms. The lowest BCUT2D eigenvalue weighted by Crippen LogP contribution is -2.04. The third-order valence-electron chi connectivity index (χ3n) is 2.68. The smallest absolute Gasteiger partial charge is 0.329 e. The van der Waals surface area contributed by atoms with Crippen molar-refractivity contribution in [2.45, 2.75) is 13.8 Å². The molecule has 0 radical (unpaired) electrons. The van der Waals surface area contributed by atoms with Crippen molar-refractivity contribution in [2.75, 3.05) is 11.1 Å². The highest BCUT2D eigenvalue weighted by atomic mass is 79.9. The first-order valence-electron chi connectivity index (χ1n) is 5.69. The SMILES string of the molecule is Cc1cc(Nc2nc(N)ncc2[N+](=O)[O-])cc(C)c1Br. The van der Waals surface area contributed by atoms with Gasteiger partial charge in [-0.05, 0) is 37.1 Å². The summed E-state index contributed by atoms with van der Waals surface area (Å²) < 4.78 is 1.000. The lowest BCUT2D eigenvalue weighted by Gasteiger charge is -2.10. The van der Waals surface area contributed by atoms with Crippen molar-refractivity contribution in [1.29, 1.82) is 0 Å². The summed E-state index contributed by atoms with van der Waals surface area (Å²) in [5.41, 5.74) is 7.97. The molecular weight excluding hydrogens is 326 g/mol. The second-order valence-corrected chi connectivity index (χ2v) is 5.06. The molecule has 0 aliphatic carbocycles. The highest BCUT2D eigenvalue weighted by molar-refractivity contribution is 9.10. The monoisotopic (exact) mass is 337 g/mol. The zero-order chi connectivity index (χ0) is 14.9. The number of nitrogens with zero attached hydrogens (tertiary/aromatic N) is 3. The number of benzene rings is 1. The maximum absolute atomic E-state index is 10.9. The lowest BCUT2D eigenvalue weighted by atomic mass is 10.1. The second kappa shape index (κ2) is 5.41. The Morgan fingerprint density at radius 1 is 1.35 bits per heavy atom. The number of aromatic nitrogens is 2. The van der Waals surface area contributed by atoms with E-state index in [2.05, 4.69) is 31.2 Å². The van der Waals surface area contributed by atoms with E-state index in [1.165, 1.54) is 0 Å². The zero-order valence-corrected chi connectivity index (χ0v) is 12.4. The van der Waals surface area contributed by atoms with E-state index in [4.69, 9.17) is 5.73 Å². The van der Waals surface area contributed by atoms with E-state index in [0.717, 1.165) is 21.8 Å². The van der Waals surface area contributed by atoms with Crippen LogP contribution in [0.4, 0.5) is 23.1 Å². The van der Waals surface area contributed by atoms with Crippen LogP contribution in [0.15, 0.2) is 22.8 Å². The highest BCUT2D eigenvalue weighted by Gasteiger charge is 2.17. The number of nitrogens with one attached hydrogen (secondary N) is 1. The summed E-state index contributed by atoms with van der Waals surface area (Å²) in [5, 5.41) is 13.9. The number of nitro groups is 1. The summed E-state index contributed by atoms with van der Waals surface area (Å²) in [6, 6.07) is 3.72. The number of halogens is 1. The van der Waals surface area contributed by atoms with Gasteiger partial charge in [-0.25, -0.2) is 4.98 Å². The van der Waals surface area contributed by atoms with Gasteiger partial charge in [0.1, 0.15) is 6.20 Å². The van der Waals surface area contributed by atoms with Crippen molar-refractivity contribution >= 4 is 39.1 Å². The molecule has 2 rings (SSSR count). The van der Waals surface area contributed by atoms with Crippen molar-refractivity contribution < 1.29 is 4.92 Å². The summed E-state index contributed by atoms with van der Waals surface area (Å²) in [7, 11) is 0. The molecule has 1 aromatic heterocycles. The van der Waals surface area contributed by atoms with E-state index in [0.29, 0.717) is 5.69 Å². The first-order chi connectivity index (χ1) is 9.38. The van der Waals surface area contributed by atoms with Gasteiger partial charge in [0.25, 0.3) is 0 Å². The molecule has 0 atom stereocenters. The summed E-state index contributed by atoms with van der Waals surface area (Å²) in [6.45, 7) is 3.87. The number of hydrogen-bond donors (Lipinski definition) is 2. The number of aryl methyl sites for hydroxylation is 2. The Balaban J connectivity index is 2.44. The van der Waals surface area contributed by atoms with Gasteiger partial charge in [-0.15, -0.1) is 0 Å². The maximum atomic E-state index is 10.9. The molecule has 8 heteroatoms. The van der Waals surface area contributed by atoms with Crippen LogP contribution in [0.3, 0.4) is 0 Å². The van der Waals surface area contributed by atoms with Crippen molar-refractivity contribution in [2.24, 2.45) is 0 Å². The molecule has 0 aliphatic rings. The molecule has 3 N–H and O–H groups in total. The normalized spacial score (nSPS) is 10.3. The molecule has 0 bridgehead atoms. The molecule has 0 amide bonds. The number of anilines is 3. The van der Waals surface area contributed by atoms with Crippen molar-refractivity contribution in [3.8, 4) is 0 Å². The first-order valence-corrected chi connectivity index (χ1v) is 6.48. The fourth-order valence-electron chi connectivity index (χ4n) is 1.77. The topological polar surface area (TPSA) is 107 Å². The number of hydrogen-bond acceptors (Lipinski definition) is 6. The molecule has 0 saturated carbocycles. The first kappa shape index (κ1) is 14.2. The Morgan fingerprint density at radius 3 is 2.50 bits per heavy atom. The molecule has 7 nitrogen and oxygen atoms in total. The van der Waals surface area contributed by atoms with Gasteiger partial charge in [0.05, 0.1) is 4.92 Å². The summed E-state index contributed by atoms with van der Waals surface area (Å²) in [6.07, 6.45) is 1.09. The van der Waals surface area contributed by atoms with Crippen LogP contribution in [-0.2, 0) is 0 Å². The van der Waals surface area contributed by atoms with Crippen LogP contribution in [0.2, 0.25) is 0 Å². The Hall–Kier alpha value is -2.22. The molecule has 0 aliphatic heterocycles. The largest absolute Gasteiger partial charge is 0.368 e. The third kappa shape index (κ3) is 2.85. The Bertz CT molecular complexity index is 667. The van der Waals surface area contributed by atoms with Crippen LogP contribution >= 0.6 is 15.9 Å². The van der Waals surface area contributed by atoms with Gasteiger partial charge in [-0.3, -0.25) is 10.1 Å². The molecule has 20 heavy (non-hydrogen) atoms. The van der Waals surface area contributed by atoms with Gasteiger partial charge in [0, 0.05) is 10.2 Å². The van der Waals surface area contributed by atoms with E-state index < -0.39 is 4.92 Å². The molecule has 0 fully saturated rings. The minimum atomic E-state index is -0.555. The molecule has 1 heterocycles. The number of nitrogen functional groups attached to an aromatic ring is 1. The molecule has 0 saturated heterocycles. The van der Waals surface area contributed by atoms with Crippen LogP contribution < -0.4 is 11.1 Å². The van der Waals surface area contributed by atoms with Crippen molar-refractivity contribution in [3.63, 3.8) is 0 Å². The number of nitrogens with two attached hydrogens (primary N) is 1.